The average molecular weight is 425 g/mol. The van der Waals surface area contributed by atoms with Crippen molar-refractivity contribution in [3.05, 3.63) is 69.8 Å². The van der Waals surface area contributed by atoms with Crippen molar-refractivity contribution in [2.24, 2.45) is 0 Å². The van der Waals surface area contributed by atoms with Crippen LogP contribution in [0.2, 0.25) is 0 Å². The third kappa shape index (κ3) is 5.82. The minimum atomic E-state index is -0.446. The van der Waals surface area contributed by atoms with Gasteiger partial charge in [-0.3, -0.25) is 19.8 Å². The number of rotatable bonds is 10. The lowest BCUT2D eigenvalue weighted by molar-refractivity contribution is -0.384. The summed E-state index contributed by atoms with van der Waals surface area (Å²) in [4.78, 5) is 28.5. The van der Waals surface area contributed by atoms with Gasteiger partial charge >= 0.3 is 0 Å². The number of nitrogens with zero attached hydrogens (tertiary/aromatic N) is 3. The molecule has 2 aromatic rings. The Morgan fingerprint density at radius 1 is 1.13 bits per heavy atom. The van der Waals surface area contributed by atoms with Crippen molar-refractivity contribution in [1.29, 1.82) is 0 Å². The summed E-state index contributed by atoms with van der Waals surface area (Å²) in [6, 6.07) is 15.0. The van der Waals surface area contributed by atoms with Gasteiger partial charge in [-0.25, -0.2) is 0 Å². The second-order valence-electron chi connectivity index (χ2n) is 7.93. The summed E-state index contributed by atoms with van der Waals surface area (Å²) in [5.41, 5.74) is 2.33. The van der Waals surface area contributed by atoms with Crippen molar-refractivity contribution in [3.63, 3.8) is 0 Å². The number of benzene rings is 2. The first-order valence-electron chi connectivity index (χ1n) is 11.1. The number of nitrogens with one attached hydrogen (secondary N) is 1. The monoisotopic (exact) mass is 424 g/mol. The normalized spacial score (nSPS) is 14.6. The van der Waals surface area contributed by atoms with E-state index in [2.05, 4.69) is 41.1 Å². The molecular formula is C24H32N4O3. The van der Waals surface area contributed by atoms with Gasteiger partial charge in [0.25, 0.3) is 11.6 Å². The molecule has 0 radical (unpaired) electrons. The number of likely N-dealkylation sites (N-methyl/N-ethyl adjacent to an activating group) is 1. The second-order valence-corrected chi connectivity index (χ2v) is 7.93. The van der Waals surface area contributed by atoms with Crippen LogP contribution in [0.4, 0.5) is 11.4 Å². The molecule has 1 amide bonds. The molecular weight excluding hydrogens is 392 g/mol. The standard InChI is InChI=1S/C24H32N4O3/c1-3-26(4-2)21(16-19-10-6-5-7-11-19)18-25-24(29)22-17-20(28(30)31)12-13-23(22)27-14-8-9-15-27/h5-7,10-13,17,21H,3-4,8-9,14-16,18H2,1-2H3,(H,25,29). The number of hydrogen-bond donors (Lipinski definition) is 1. The highest BCUT2D eigenvalue weighted by Gasteiger charge is 2.24. The van der Waals surface area contributed by atoms with Crippen molar-refractivity contribution in [1.82, 2.24) is 10.2 Å². The van der Waals surface area contributed by atoms with E-state index in [1.807, 2.05) is 18.2 Å². The van der Waals surface area contributed by atoms with Crippen molar-refractivity contribution < 1.29 is 9.72 Å². The molecule has 1 aliphatic heterocycles. The molecule has 3 rings (SSSR count). The predicted molar refractivity (Wildman–Crippen MR) is 124 cm³/mol. The van der Waals surface area contributed by atoms with Crippen LogP contribution in [-0.4, -0.2) is 54.5 Å². The minimum Gasteiger partial charge on any atom is -0.371 e. The van der Waals surface area contributed by atoms with Gasteiger partial charge in [-0.2, -0.15) is 0 Å². The number of nitro groups is 1. The fourth-order valence-electron chi connectivity index (χ4n) is 4.32. The van der Waals surface area contributed by atoms with Crippen LogP contribution >= 0.6 is 0 Å². The van der Waals surface area contributed by atoms with Gasteiger partial charge in [0.1, 0.15) is 0 Å². The minimum absolute atomic E-state index is 0.0577. The quantitative estimate of drug-likeness (QED) is 0.463. The summed E-state index contributed by atoms with van der Waals surface area (Å²) in [7, 11) is 0. The lowest BCUT2D eigenvalue weighted by Crippen LogP contribution is -2.45. The molecule has 1 heterocycles. The average Bonchev–Trinajstić information content (AvgIpc) is 3.33. The number of hydrogen-bond acceptors (Lipinski definition) is 5. The van der Waals surface area contributed by atoms with Crippen LogP contribution in [0, 0.1) is 10.1 Å². The van der Waals surface area contributed by atoms with Crippen LogP contribution < -0.4 is 10.2 Å². The maximum Gasteiger partial charge on any atom is 0.270 e. The summed E-state index contributed by atoms with van der Waals surface area (Å²) >= 11 is 0. The van der Waals surface area contributed by atoms with Crippen LogP contribution in [0.15, 0.2) is 48.5 Å². The van der Waals surface area contributed by atoms with Crippen LogP contribution in [0.1, 0.15) is 42.6 Å². The molecule has 0 aromatic heterocycles. The van der Waals surface area contributed by atoms with Crippen molar-refractivity contribution in [2.75, 3.05) is 37.6 Å². The third-order valence-corrected chi connectivity index (χ3v) is 6.02. The second kappa shape index (κ2) is 10.9. The van der Waals surface area contributed by atoms with Gasteiger partial charge in [-0.05, 0) is 44.0 Å². The molecule has 31 heavy (non-hydrogen) atoms. The zero-order valence-electron chi connectivity index (χ0n) is 18.4. The molecule has 2 aromatic carbocycles. The molecule has 1 N–H and O–H groups in total. The Hall–Kier alpha value is -2.93. The van der Waals surface area contributed by atoms with E-state index in [0.29, 0.717) is 12.1 Å². The van der Waals surface area contributed by atoms with Gasteiger partial charge in [0.05, 0.1) is 16.2 Å². The van der Waals surface area contributed by atoms with Gasteiger partial charge in [-0.15, -0.1) is 0 Å². The summed E-state index contributed by atoms with van der Waals surface area (Å²) in [5.74, 6) is -0.254. The predicted octanol–water partition coefficient (Wildman–Crippen LogP) is 3.88. The number of anilines is 1. The van der Waals surface area contributed by atoms with E-state index in [1.165, 1.54) is 17.7 Å². The molecule has 1 saturated heterocycles. The Balaban J connectivity index is 1.79. The largest absolute Gasteiger partial charge is 0.371 e. The van der Waals surface area contributed by atoms with Gasteiger partial charge < -0.3 is 10.2 Å². The molecule has 1 unspecified atom stereocenters. The molecule has 7 heteroatoms. The summed E-state index contributed by atoms with van der Waals surface area (Å²) in [5, 5.41) is 14.4. The Bertz CT molecular complexity index is 878. The van der Waals surface area contributed by atoms with Gasteiger partial charge in [0.2, 0.25) is 0 Å². The fraction of sp³-hybridized carbons (Fsp3) is 0.458. The first-order chi connectivity index (χ1) is 15.0. The highest BCUT2D eigenvalue weighted by atomic mass is 16.6. The molecule has 166 valence electrons. The topological polar surface area (TPSA) is 78.7 Å². The molecule has 0 bridgehead atoms. The number of carbonyl (C=O) groups excluding carboxylic acids is 1. The fourth-order valence-corrected chi connectivity index (χ4v) is 4.32. The number of nitro benzene ring substituents is 1. The van der Waals surface area contributed by atoms with E-state index < -0.39 is 4.92 Å². The Kier molecular flexibility index (Phi) is 8.00. The molecule has 0 spiro atoms. The van der Waals surface area contributed by atoms with Gasteiger partial charge in [0.15, 0.2) is 0 Å². The van der Waals surface area contributed by atoms with Gasteiger partial charge in [-0.1, -0.05) is 44.2 Å². The summed E-state index contributed by atoms with van der Waals surface area (Å²) < 4.78 is 0. The highest BCUT2D eigenvalue weighted by molar-refractivity contribution is 6.00. The van der Waals surface area contributed by atoms with E-state index >= 15 is 0 Å². The van der Waals surface area contributed by atoms with E-state index in [-0.39, 0.29) is 17.6 Å². The van der Waals surface area contributed by atoms with Crippen molar-refractivity contribution >= 4 is 17.3 Å². The molecule has 1 atom stereocenters. The molecule has 1 fully saturated rings. The van der Waals surface area contributed by atoms with Crippen molar-refractivity contribution in [3.8, 4) is 0 Å². The summed E-state index contributed by atoms with van der Waals surface area (Å²) in [6.07, 6.45) is 2.97. The smallest absolute Gasteiger partial charge is 0.270 e. The van der Waals surface area contributed by atoms with Gasteiger partial charge in [0, 0.05) is 37.8 Å². The molecule has 0 saturated carbocycles. The molecule has 7 nitrogen and oxygen atoms in total. The number of non-ortho nitro benzene ring substituents is 1. The van der Waals surface area contributed by atoms with Crippen LogP contribution in [0.25, 0.3) is 0 Å². The zero-order valence-corrected chi connectivity index (χ0v) is 18.4. The lowest BCUT2D eigenvalue weighted by atomic mass is 10.0. The summed E-state index contributed by atoms with van der Waals surface area (Å²) in [6.45, 7) is 8.24. The van der Waals surface area contributed by atoms with Crippen LogP contribution in [-0.2, 0) is 6.42 Å². The lowest BCUT2D eigenvalue weighted by Gasteiger charge is -2.30. The SMILES string of the molecule is CCN(CC)C(CNC(=O)c1cc([N+](=O)[O-])ccc1N1CCCC1)Cc1ccccc1. The van der Waals surface area contributed by atoms with E-state index in [9.17, 15) is 14.9 Å². The Morgan fingerprint density at radius 2 is 1.81 bits per heavy atom. The maximum absolute atomic E-state index is 13.2. The number of amides is 1. The van der Waals surface area contributed by atoms with Crippen LogP contribution in [0.3, 0.4) is 0 Å². The van der Waals surface area contributed by atoms with E-state index in [0.717, 1.165) is 51.1 Å². The van der Waals surface area contributed by atoms with Crippen LogP contribution in [0.5, 0.6) is 0 Å². The zero-order chi connectivity index (χ0) is 22.2. The van der Waals surface area contributed by atoms with E-state index in [4.69, 9.17) is 0 Å². The Labute approximate surface area is 184 Å². The van der Waals surface area contributed by atoms with Crippen molar-refractivity contribution in [2.45, 2.75) is 39.2 Å². The third-order valence-electron chi connectivity index (χ3n) is 6.02. The molecule has 1 aliphatic rings. The number of carbonyl (C=O) groups is 1. The van der Waals surface area contributed by atoms with E-state index in [1.54, 1.807) is 6.07 Å². The highest BCUT2D eigenvalue weighted by Crippen LogP contribution is 2.28. The first kappa shape index (κ1) is 22.7. The Morgan fingerprint density at radius 3 is 2.42 bits per heavy atom. The first-order valence-corrected chi connectivity index (χ1v) is 11.1. The molecule has 0 aliphatic carbocycles. The maximum atomic E-state index is 13.2.